The van der Waals surface area contributed by atoms with E-state index in [1.54, 1.807) is 0 Å². The van der Waals surface area contributed by atoms with E-state index in [9.17, 15) is 4.79 Å². The molecular formula is C9H17NO2S. The number of carboxylic acid groups (broad SMARTS) is 1. The van der Waals surface area contributed by atoms with Crippen molar-refractivity contribution < 1.29 is 9.90 Å². The lowest BCUT2D eigenvalue weighted by molar-refractivity contribution is -0.137. The van der Waals surface area contributed by atoms with Crippen LogP contribution in [0.15, 0.2) is 0 Å². The van der Waals surface area contributed by atoms with Crippen LogP contribution in [0.25, 0.3) is 0 Å². The van der Waals surface area contributed by atoms with Crippen LogP contribution < -0.4 is 5.32 Å². The number of rotatable bonds is 4. The number of aliphatic carboxylic acids is 1. The average Bonchev–Trinajstić information content (AvgIpc) is 2.04. The highest BCUT2D eigenvalue weighted by molar-refractivity contribution is 7.99. The Morgan fingerprint density at radius 1 is 1.77 bits per heavy atom. The number of hydrogen-bond donors (Lipinski definition) is 2. The van der Waals surface area contributed by atoms with Crippen molar-refractivity contribution in [2.45, 2.75) is 38.3 Å². The van der Waals surface area contributed by atoms with E-state index in [-0.39, 0.29) is 12.5 Å². The summed E-state index contributed by atoms with van der Waals surface area (Å²) in [4.78, 5) is 10.4. The summed E-state index contributed by atoms with van der Waals surface area (Å²) in [6.07, 6.45) is 2.67. The second kappa shape index (κ2) is 5.50. The highest BCUT2D eigenvalue weighted by Crippen LogP contribution is 2.17. The topological polar surface area (TPSA) is 49.3 Å². The molecule has 1 aliphatic heterocycles. The van der Waals surface area contributed by atoms with Gasteiger partial charge in [-0.25, -0.2) is 0 Å². The summed E-state index contributed by atoms with van der Waals surface area (Å²) in [6.45, 7) is 1.94. The number of nitrogens with one attached hydrogen (secondary N) is 1. The molecule has 0 bridgehead atoms. The first-order valence-electron chi connectivity index (χ1n) is 4.74. The predicted octanol–water partition coefficient (Wildman–Crippen LogP) is 1.33. The SMILES string of the molecule is CC(CC(=O)O)NC1CCCSC1. The fraction of sp³-hybridized carbons (Fsp3) is 0.889. The van der Waals surface area contributed by atoms with Crippen LogP contribution in [-0.2, 0) is 4.79 Å². The van der Waals surface area contributed by atoms with E-state index in [4.69, 9.17) is 5.11 Å². The molecule has 2 unspecified atom stereocenters. The standard InChI is InChI=1S/C9H17NO2S/c1-7(5-9(11)12)10-8-3-2-4-13-6-8/h7-8,10H,2-6H2,1H3,(H,11,12). The molecule has 0 aromatic heterocycles. The van der Waals surface area contributed by atoms with Crippen molar-refractivity contribution in [2.75, 3.05) is 11.5 Å². The quantitative estimate of drug-likeness (QED) is 0.724. The second-order valence-corrected chi connectivity index (χ2v) is 4.73. The summed E-state index contributed by atoms with van der Waals surface area (Å²) in [5.41, 5.74) is 0. The molecule has 4 heteroatoms. The zero-order chi connectivity index (χ0) is 9.68. The van der Waals surface area contributed by atoms with Crippen LogP contribution in [0.1, 0.15) is 26.2 Å². The van der Waals surface area contributed by atoms with E-state index < -0.39 is 5.97 Å². The molecule has 0 aromatic rings. The van der Waals surface area contributed by atoms with Crippen LogP contribution in [0.2, 0.25) is 0 Å². The second-order valence-electron chi connectivity index (χ2n) is 3.58. The first-order chi connectivity index (χ1) is 6.18. The molecule has 1 rings (SSSR count). The van der Waals surface area contributed by atoms with Crippen LogP contribution in [0.5, 0.6) is 0 Å². The lowest BCUT2D eigenvalue weighted by atomic mass is 10.1. The molecule has 0 aromatic carbocycles. The van der Waals surface area contributed by atoms with Gasteiger partial charge in [0.1, 0.15) is 0 Å². The Morgan fingerprint density at radius 3 is 3.08 bits per heavy atom. The van der Waals surface area contributed by atoms with Gasteiger partial charge in [-0.1, -0.05) is 0 Å². The van der Waals surface area contributed by atoms with Crippen LogP contribution in [0.3, 0.4) is 0 Å². The first kappa shape index (κ1) is 10.9. The molecule has 0 spiro atoms. The van der Waals surface area contributed by atoms with Crippen molar-refractivity contribution in [2.24, 2.45) is 0 Å². The Labute approximate surface area is 83.3 Å². The van der Waals surface area contributed by atoms with Crippen molar-refractivity contribution in [3.63, 3.8) is 0 Å². The zero-order valence-electron chi connectivity index (χ0n) is 7.95. The first-order valence-corrected chi connectivity index (χ1v) is 5.89. The Hall–Kier alpha value is -0.220. The summed E-state index contributed by atoms with van der Waals surface area (Å²) in [7, 11) is 0. The van der Waals surface area contributed by atoms with Gasteiger partial charge in [-0.3, -0.25) is 4.79 Å². The molecule has 76 valence electrons. The van der Waals surface area contributed by atoms with Gasteiger partial charge in [-0.2, -0.15) is 11.8 Å². The maximum Gasteiger partial charge on any atom is 0.304 e. The lowest BCUT2D eigenvalue weighted by Crippen LogP contribution is -2.40. The van der Waals surface area contributed by atoms with Gasteiger partial charge in [0.15, 0.2) is 0 Å². The monoisotopic (exact) mass is 203 g/mol. The van der Waals surface area contributed by atoms with Gasteiger partial charge in [0.2, 0.25) is 0 Å². The predicted molar refractivity (Wildman–Crippen MR) is 55.2 cm³/mol. The van der Waals surface area contributed by atoms with Crippen LogP contribution in [-0.4, -0.2) is 34.7 Å². The van der Waals surface area contributed by atoms with E-state index in [1.165, 1.54) is 18.6 Å². The zero-order valence-corrected chi connectivity index (χ0v) is 8.77. The molecule has 2 atom stereocenters. The van der Waals surface area contributed by atoms with E-state index in [0.717, 1.165) is 5.75 Å². The number of thioether (sulfide) groups is 1. The van der Waals surface area contributed by atoms with Gasteiger partial charge in [-0.05, 0) is 25.5 Å². The number of carboxylic acids is 1. The minimum atomic E-state index is -0.719. The molecule has 1 saturated heterocycles. The van der Waals surface area contributed by atoms with Gasteiger partial charge in [0.25, 0.3) is 0 Å². The third-order valence-corrected chi connectivity index (χ3v) is 3.38. The summed E-state index contributed by atoms with van der Waals surface area (Å²) < 4.78 is 0. The fourth-order valence-electron chi connectivity index (χ4n) is 1.60. The summed E-state index contributed by atoms with van der Waals surface area (Å²) in [5.74, 6) is 1.67. The maximum atomic E-state index is 10.4. The molecule has 13 heavy (non-hydrogen) atoms. The number of carbonyl (C=O) groups is 1. The highest BCUT2D eigenvalue weighted by atomic mass is 32.2. The van der Waals surface area contributed by atoms with E-state index >= 15 is 0 Å². The van der Waals surface area contributed by atoms with Crippen molar-refractivity contribution in [1.82, 2.24) is 5.32 Å². The molecule has 3 nitrogen and oxygen atoms in total. The van der Waals surface area contributed by atoms with Gasteiger partial charge >= 0.3 is 5.97 Å². The lowest BCUT2D eigenvalue weighted by Gasteiger charge is -2.25. The van der Waals surface area contributed by atoms with Gasteiger partial charge < -0.3 is 10.4 Å². The smallest absolute Gasteiger partial charge is 0.304 e. The Bertz CT molecular complexity index is 169. The number of hydrogen-bond acceptors (Lipinski definition) is 3. The van der Waals surface area contributed by atoms with Gasteiger partial charge in [0.05, 0.1) is 6.42 Å². The van der Waals surface area contributed by atoms with E-state index in [0.29, 0.717) is 6.04 Å². The molecular weight excluding hydrogens is 186 g/mol. The molecule has 0 saturated carbocycles. The van der Waals surface area contributed by atoms with Crippen LogP contribution in [0.4, 0.5) is 0 Å². The Morgan fingerprint density at radius 2 is 2.54 bits per heavy atom. The Kier molecular flexibility index (Phi) is 4.59. The average molecular weight is 203 g/mol. The van der Waals surface area contributed by atoms with Crippen molar-refractivity contribution in [1.29, 1.82) is 0 Å². The third-order valence-electron chi connectivity index (χ3n) is 2.16. The minimum Gasteiger partial charge on any atom is -0.481 e. The molecule has 0 radical (unpaired) electrons. The highest BCUT2D eigenvalue weighted by Gasteiger charge is 2.16. The van der Waals surface area contributed by atoms with Crippen molar-refractivity contribution in [3.05, 3.63) is 0 Å². The van der Waals surface area contributed by atoms with Gasteiger partial charge in [0, 0.05) is 17.8 Å². The molecule has 1 fully saturated rings. The molecule has 0 amide bonds. The van der Waals surface area contributed by atoms with E-state index in [2.05, 4.69) is 5.32 Å². The molecule has 2 N–H and O–H groups in total. The summed E-state index contributed by atoms with van der Waals surface area (Å²) >= 11 is 1.95. The molecule has 1 heterocycles. The fourth-order valence-corrected chi connectivity index (χ4v) is 2.68. The van der Waals surface area contributed by atoms with Crippen LogP contribution in [0, 0.1) is 0 Å². The van der Waals surface area contributed by atoms with Gasteiger partial charge in [-0.15, -0.1) is 0 Å². The van der Waals surface area contributed by atoms with E-state index in [1.807, 2.05) is 18.7 Å². The molecule has 1 aliphatic rings. The maximum absolute atomic E-state index is 10.4. The van der Waals surface area contributed by atoms with Crippen molar-refractivity contribution in [3.8, 4) is 0 Å². The van der Waals surface area contributed by atoms with Crippen LogP contribution >= 0.6 is 11.8 Å². The Balaban J connectivity index is 2.18. The largest absolute Gasteiger partial charge is 0.481 e. The van der Waals surface area contributed by atoms with Crippen molar-refractivity contribution >= 4 is 17.7 Å². The third kappa shape index (κ3) is 4.52. The summed E-state index contributed by atoms with van der Waals surface area (Å²) in [6, 6.07) is 0.620. The summed E-state index contributed by atoms with van der Waals surface area (Å²) in [5, 5.41) is 11.9. The minimum absolute atomic E-state index is 0.0983. The normalized spacial score (nSPS) is 25.5. The molecule has 0 aliphatic carbocycles.